The molecular weight excluding hydrogens is 379 g/mol. The van der Waals surface area contributed by atoms with Crippen molar-refractivity contribution in [2.24, 2.45) is 0 Å². The van der Waals surface area contributed by atoms with Gasteiger partial charge < -0.3 is 9.64 Å². The predicted molar refractivity (Wildman–Crippen MR) is 103 cm³/mol. The SMILES string of the molecule is CC(c1nc2ccccc2s1)N(C)C(=O)COc1cccc(Cl)c1Cl. The van der Waals surface area contributed by atoms with Crippen LogP contribution in [-0.4, -0.2) is 29.4 Å². The number of nitrogens with zero attached hydrogens (tertiary/aromatic N) is 2. The first-order chi connectivity index (χ1) is 12.0. The maximum Gasteiger partial charge on any atom is 0.260 e. The molecule has 1 unspecified atom stereocenters. The van der Waals surface area contributed by atoms with Crippen LogP contribution < -0.4 is 4.74 Å². The zero-order valence-corrected chi connectivity index (χ0v) is 16.0. The summed E-state index contributed by atoms with van der Waals surface area (Å²) in [6, 6.07) is 12.8. The average molecular weight is 395 g/mol. The normalized spacial score (nSPS) is 12.2. The monoisotopic (exact) mass is 394 g/mol. The molecule has 2 aromatic carbocycles. The number of benzene rings is 2. The summed E-state index contributed by atoms with van der Waals surface area (Å²) in [6.45, 7) is 1.83. The molecule has 25 heavy (non-hydrogen) atoms. The molecule has 0 N–H and O–H groups in total. The first-order valence-corrected chi connectivity index (χ1v) is 9.22. The summed E-state index contributed by atoms with van der Waals surface area (Å²) < 4.78 is 6.62. The molecule has 0 saturated carbocycles. The molecular formula is C18H16Cl2N2O2S. The third-order valence-electron chi connectivity index (χ3n) is 3.91. The Hall–Kier alpha value is -1.82. The molecule has 0 fully saturated rings. The second-order valence-electron chi connectivity index (χ2n) is 5.54. The van der Waals surface area contributed by atoms with E-state index in [4.69, 9.17) is 27.9 Å². The Labute approximate surface area is 159 Å². The molecule has 0 spiro atoms. The highest BCUT2D eigenvalue weighted by Crippen LogP contribution is 2.32. The Morgan fingerprint density at radius 3 is 2.76 bits per heavy atom. The zero-order chi connectivity index (χ0) is 18.0. The minimum absolute atomic E-state index is 0.119. The van der Waals surface area contributed by atoms with Gasteiger partial charge in [-0.1, -0.05) is 41.4 Å². The van der Waals surface area contributed by atoms with Gasteiger partial charge in [0.15, 0.2) is 6.61 Å². The van der Waals surface area contributed by atoms with E-state index < -0.39 is 0 Å². The maximum atomic E-state index is 12.4. The van der Waals surface area contributed by atoms with Crippen LogP contribution in [0.15, 0.2) is 42.5 Å². The highest BCUT2D eigenvalue weighted by molar-refractivity contribution is 7.18. The van der Waals surface area contributed by atoms with E-state index in [2.05, 4.69) is 4.98 Å². The van der Waals surface area contributed by atoms with Crippen molar-refractivity contribution in [2.75, 3.05) is 13.7 Å². The van der Waals surface area contributed by atoms with Crippen LogP contribution in [0.1, 0.15) is 18.0 Å². The van der Waals surface area contributed by atoms with E-state index in [0.29, 0.717) is 15.8 Å². The van der Waals surface area contributed by atoms with Crippen LogP contribution in [0.3, 0.4) is 0 Å². The van der Waals surface area contributed by atoms with Crippen molar-refractivity contribution >= 4 is 50.7 Å². The smallest absolute Gasteiger partial charge is 0.260 e. The number of hydrogen-bond acceptors (Lipinski definition) is 4. The number of ether oxygens (including phenoxy) is 1. The third-order valence-corrected chi connectivity index (χ3v) is 5.92. The summed E-state index contributed by atoms with van der Waals surface area (Å²) in [5, 5.41) is 1.58. The van der Waals surface area contributed by atoms with Gasteiger partial charge >= 0.3 is 0 Å². The second-order valence-corrected chi connectivity index (χ2v) is 7.39. The molecule has 0 bridgehead atoms. The van der Waals surface area contributed by atoms with Crippen molar-refractivity contribution in [2.45, 2.75) is 13.0 Å². The highest BCUT2D eigenvalue weighted by Gasteiger charge is 2.21. The Morgan fingerprint density at radius 2 is 2.00 bits per heavy atom. The number of thiazole rings is 1. The van der Waals surface area contributed by atoms with E-state index in [0.717, 1.165) is 15.2 Å². The second kappa shape index (κ2) is 7.60. The largest absolute Gasteiger partial charge is 0.482 e. The van der Waals surface area contributed by atoms with Gasteiger partial charge in [-0.25, -0.2) is 4.98 Å². The Balaban J connectivity index is 1.68. The minimum Gasteiger partial charge on any atom is -0.482 e. The lowest BCUT2D eigenvalue weighted by molar-refractivity contribution is -0.134. The van der Waals surface area contributed by atoms with Crippen LogP contribution in [0.2, 0.25) is 10.0 Å². The number of hydrogen-bond donors (Lipinski definition) is 0. The van der Waals surface area contributed by atoms with E-state index in [9.17, 15) is 4.79 Å². The van der Waals surface area contributed by atoms with Crippen molar-refractivity contribution < 1.29 is 9.53 Å². The molecule has 0 aliphatic heterocycles. The van der Waals surface area contributed by atoms with Gasteiger partial charge in [-0.3, -0.25) is 4.79 Å². The van der Waals surface area contributed by atoms with E-state index in [1.165, 1.54) is 0 Å². The van der Waals surface area contributed by atoms with Gasteiger partial charge in [0.1, 0.15) is 15.8 Å². The fourth-order valence-corrected chi connectivity index (χ4v) is 3.70. The van der Waals surface area contributed by atoms with Gasteiger partial charge in [-0.05, 0) is 31.2 Å². The molecule has 3 aromatic rings. The molecule has 0 aliphatic carbocycles. The lowest BCUT2D eigenvalue weighted by atomic mass is 10.3. The molecule has 1 amide bonds. The molecule has 1 aromatic heterocycles. The van der Waals surface area contributed by atoms with Crippen molar-refractivity contribution in [3.8, 4) is 5.75 Å². The van der Waals surface area contributed by atoms with Crippen LogP contribution >= 0.6 is 34.5 Å². The topological polar surface area (TPSA) is 42.4 Å². The number of halogens is 2. The van der Waals surface area contributed by atoms with Crippen LogP contribution in [-0.2, 0) is 4.79 Å². The highest BCUT2D eigenvalue weighted by atomic mass is 35.5. The summed E-state index contributed by atoms with van der Waals surface area (Å²) in [5.74, 6) is 0.228. The number of para-hydroxylation sites is 1. The molecule has 1 heterocycles. The van der Waals surface area contributed by atoms with Crippen molar-refractivity contribution in [3.05, 3.63) is 57.5 Å². The number of fused-ring (bicyclic) bond motifs is 1. The van der Waals surface area contributed by atoms with E-state index in [1.54, 1.807) is 41.5 Å². The molecule has 0 aliphatic rings. The van der Waals surface area contributed by atoms with Crippen molar-refractivity contribution in [1.29, 1.82) is 0 Å². The number of likely N-dealkylation sites (N-methyl/N-ethyl adjacent to an activating group) is 1. The van der Waals surface area contributed by atoms with Gasteiger partial charge in [0.2, 0.25) is 0 Å². The Bertz CT molecular complexity index is 880. The van der Waals surface area contributed by atoms with Gasteiger partial charge in [0, 0.05) is 7.05 Å². The Kier molecular flexibility index (Phi) is 5.47. The van der Waals surface area contributed by atoms with Crippen molar-refractivity contribution in [3.63, 3.8) is 0 Å². The van der Waals surface area contributed by atoms with Gasteiger partial charge in [-0.15, -0.1) is 11.3 Å². The lowest BCUT2D eigenvalue weighted by Crippen LogP contribution is -2.33. The third kappa shape index (κ3) is 3.89. The number of carbonyl (C=O) groups excluding carboxylic acids is 1. The quantitative estimate of drug-likeness (QED) is 0.596. The fraction of sp³-hybridized carbons (Fsp3) is 0.222. The van der Waals surface area contributed by atoms with Crippen molar-refractivity contribution in [1.82, 2.24) is 9.88 Å². The predicted octanol–water partition coefficient (Wildman–Crippen LogP) is 5.20. The summed E-state index contributed by atoms with van der Waals surface area (Å²) >= 11 is 13.6. The number of amides is 1. The zero-order valence-electron chi connectivity index (χ0n) is 13.7. The molecule has 0 radical (unpaired) electrons. The molecule has 1 atom stereocenters. The summed E-state index contributed by atoms with van der Waals surface area (Å²) in [6.07, 6.45) is 0. The standard InChI is InChI=1S/C18H16Cl2N2O2S/c1-11(18-21-13-7-3-4-9-15(13)25-18)22(2)16(23)10-24-14-8-5-6-12(19)17(14)20/h3-9,11H,10H2,1-2H3. The maximum absolute atomic E-state index is 12.4. The lowest BCUT2D eigenvalue weighted by Gasteiger charge is -2.23. The number of aromatic nitrogens is 1. The summed E-state index contributed by atoms with van der Waals surface area (Å²) in [7, 11) is 1.74. The average Bonchev–Trinajstić information content (AvgIpc) is 3.05. The number of carbonyl (C=O) groups is 1. The first-order valence-electron chi connectivity index (χ1n) is 7.65. The molecule has 0 saturated heterocycles. The molecule has 3 rings (SSSR count). The van der Waals surface area contributed by atoms with Crippen LogP contribution in [0, 0.1) is 0 Å². The summed E-state index contributed by atoms with van der Waals surface area (Å²) in [4.78, 5) is 18.7. The Morgan fingerprint density at radius 1 is 1.24 bits per heavy atom. The number of rotatable bonds is 5. The minimum atomic E-state index is -0.164. The molecule has 7 heteroatoms. The van der Waals surface area contributed by atoms with Crippen LogP contribution in [0.25, 0.3) is 10.2 Å². The van der Waals surface area contributed by atoms with E-state index >= 15 is 0 Å². The van der Waals surface area contributed by atoms with E-state index in [1.807, 2.05) is 31.2 Å². The first kappa shape index (κ1) is 18.0. The molecule has 4 nitrogen and oxygen atoms in total. The molecule has 130 valence electrons. The van der Waals surface area contributed by atoms with Gasteiger partial charge in [0.05, 0.1) is 21.3 Å². The van der Waals surface area contributed by atoms with Gasteiger partial charge in [-0.2, -0.15) is 0 Å². The van der Waals surface area contributed by atoms with Gasteiger partial charge in [0.25, 0.3) is 5.91 Å². The van der Waals surface area contributed by atoms with E-state index in [-0.39, 0.29) is 18.6 Å². The fourth-order valence-electron chi connectivity index (χ4n) is 2.29. The summed E-state index contributed by atoms with van der Waals surface area (Å²) in [5.41, 5.74) is 0.942. The van der Waals surface area contributed by atoms with Crippen LogP contribution in [0.4, 0.5) is 0 Å². The van der Waals surface area contributed by atoms with Crippen LogP contribution in [0.5, 0.6) is 5.75 Å².